The number of urea groups is 1. The average molecular weight is 466 g/mol. The van der Waals surface area contributed by atoms with Gasteiger partial charge in [-0.05, 0) is 58.0 Å². The summed E-state index contributed by atoms with van der Waals surface area (Å²) in [6.45, 7) is 11.4. The monoisotopic (exact) mass is 465 g/mol. The topological polar surface area (TPSA) is 85.0 Å². The molecule has 0 saturated carbocycles. The van der Waals surface area contributed by atoms with E-state index in [-0.39, 0.29) is 23.9 Å². The second-order valence-corrected chi connectivity index (χ2v) is 8.61. The number of nitrogens with zero attached hydrogens (tertiary/aromatic N) is 3. The van der Waals surface area contributed by atoms with E-state index in [9.17, 15) is 14.4 Å². The summed E-state index contributed by atoms with van der Waals surface area (Å²) in [6, 6.07) is 14.5. The quantitative estimate of drug-likeness (QED) is 0.654. The molecule has 0 atom stereocenters. The molecule has 3 rings (SSSR count). The van der Waals surface area contributed by atoms with Gasteiger partial charge in [0.25, 0.3) is 11.8 Å². The van der Waals surface area contributed by atoms with Gasteiger partial charge in [0.15, 0.2) is 0 Å². The molecule has 0 unspecified atom stereocenters. The highest BCUT2D eigenvalue weighted by atomic mass is 16.2. The van der Waals surface area contributed by atoms with Gasteiger partial charge in [0.05, 0.1) is 5.56 Å². The van der Waals surface area contributed by atoms with E-state index < -0.39 is 0 Å². The van der Waals surface area contributed by atoms with Crippen molar-refractivity contribution in [2.75, 3.05) is 49.5 Å². The number of hydrogen-bond acceptors (Lipinski definition) is 4. The third-order valence-corrected chi connectivity index (χ3v) is 5.89. The summed E-state index contributed by atoms with van der Waals surface area (Å²) in [5, 5.41) is 5.84. The molecule has 1 aliphatic heterocycles. The van der Waals surface area contributed by atoms with E-state index in [0.717, 1.165) is 5.69 Å². The lowest BCUT2D eigenvalue weighted by molar-refractivity contribution is 0.0773. The summed E-state index contributed by atoms with van der Waals surface area (Å²) >= 11 is 0. The maximum absolute atomic E-state index is 13.4. The van der Waals surface area contributed by atoms with Gasteiger partial charge in [0, 0.05) is 62.2 Å². The van der Waals surface area contributed by atoms with E-state index in [2.05, 4.69) is 15.5 Å². The van der Waals surface area contributed by atoms with Gasteiger partial charge in [-0.15, -0.1) is 0 Å². The van der Waals surface area contributed by atoms with Crippen molar-refractivity contribution in [1.29, 1.82) is 0 Å². The lowest BCUT2D eigenvalue weighted by Gasteiger charge is -2.37. The number of piperazine rings is 1. The van der Waals surface area contributed by atoms with Crippen molar-refractivity contribution in [1.82, 2.24) is 15.1 Å². The van der Waals surface area contributed by atoms with E-state index in [4.69, 9.17) is 0 Å². The summed E-state index contributed by atoms with van der Waals surface area (Å²) in [6.07, 6.45) is 0. The van der Waals surface area contributed by atoms with Crippen LogP contribution in [0.2, 0.25) is 0 Å². The molecule has 34 heavy (non-hydrogen) atoms. The number of anilines is 2. The van der Waals surface area contributed by atoms with Crippen LogP contribution in [-0.4, -0.2) is 73.0 Å². The second kappa shape index (κ2) is 11.5. The Kier molecular flexibility index (Phi) is 8.51. The number of carbonyl (C=O) groups excluding carboxylic acids is 3. The van der Waals surface area contributed by atoms with Crippen LogP contribution < -0.4 is 15.5 Å². The minimum Gasteiger partial charge on any atom is -0.367 e. The lowest BCUT2D eigenvalue weighted by atomic mass is 10.1. The van der Waals surface area contributed by atoms with Crippen molar-refractivity contribution in [3.05, 3.63) is 59.7 Å². The Labute approximate surface area is 201 Å². The Balaban J connectivity index is 1.83. The van der Waals surface area contributed by atoms with Gasteiger partial charge in [-0.3, -0.25) is 9.59 Å². The fourth-order valence-electron chi connectivity index (χ4n) is 4.02. The molecular weight excluding hydrogens is 430 g/mol. The van der Waals surface area contributed by atoms with E-state index in [1.807, 2.05) is 58.0 Å². The van der Waals surface area contributed by atoms with Crippen molar-refractivity contribution >= 4 is 29.2 Å². The maximum Gasteiger partial charge on any atom is 0.317 e. The van der Waals surface area contributed by atoms with Gasteiger partial charge >= 0.3 is 6.03 Å². The van der Waals surface area contributed by atoms with Crippen molar-refractivity contribution in [2.24, 2.45) is 0 Å². The number of rotatable bonds is 7. The molecule has 182 valence electrons. The van der Waals surface area contributed by atoms with Gasteiger partial charge in [-0.25, -0.2) is 4.79 Å². The molecule has 1 fully saturated rings. The van der Waals surface area contributed by atoms with Crippen molar-refractivity contribution in [3.63, 3.8) is 0 Å². The normalized spacial score (nSPS) is 13.6. The first-order valence-electron chi connectivity index (χ1n) is 11.9. The van der Waals surface area contributed by atoms with E-state index in [0.29, 0.717) is 56.1 Å². The molecule has 1 saturated heterocycles. The van der Waals surface area contributed by atoms with Crippen LogP contribution in [0.4, 0.5) is 16.2 Å². The number of nitrogens with one attached hydrogen (secondary N) is 2. The molecular formula is C26H35N5O3. The third-order valence-electron chi connectivity index (χ3n) is 5.89. The first-order valence-corrected chi connectivity index (χ1v) is 11.9. The summed E-state index contributed by atoms with van der Waals surface area (Å²) in [4.78, 5) is 44.1. The second-order valence-electron chi connectivity index (χ2n) is 8.61. The van der Waals surface area contributed by atoms with Gasteiger partial charge in [0.1, 0.15) is 0 Å². The molecule has 2 aromatic carbocycles. The zero-order valence-electron chi connectivity index (χ0n) is 20.5. The molecule has 1 heterocycles. The van der Waals surface area contributed by atoms with E-state index in [1.165, 1.54) is 0 Å². The Morgan fingerprint density at radius 3 is 2.18 bits per heavy atom. The van der Waals surface area contributed by atoms with Crippen LogP contribution in [0.25, 0.3) is 0 Å². The van der Waals surface area contributed by atoms with Crippen LogP contribution in [0, 0.1) is 0 Å². The predicted molar refractivity (Wildman–Crippen MR) is 136 cm³/mol. The van der Waals surface area contributed by atoms with Crippen molar-refractivity contribution in [2.45, 2.75) is 33.7 Å². The molecule has 1 aliphatic rings. The molecule has 8 heteroatoms. The highest BCUT2D eigenvalue weighted by Crippen LogP contribution is 2.27. The van der Waals surface area contributed by atoms with Crippen molar-refractivity contribution in [3.8, 4) is 0 Å². The smallest absolute Gasteiger partial charge is 0.317 e. The van der Waals surface area contributed by atoms with Gasteiger partial charge in [-0.2, -0.15) is 0 Å². The first kappa shape index (κ1) is 25.1. The Morgan fingerprint density at radius 2 is 1.59 bits per heavy atom. The lowest BCUT2D eigenvalue weighted by Crippen LogP contribution is -2.53. The van der Waals surface area contributed by atoms with E-state index in [1.54, 1.807) is 28.0 Å². The SMILES string of the molecule is CCN(CC)C(=O)c1cc(NC(=O)c2ccccc2)ccc1N1CCN(C(=O)NC(C)C)CC1. The largest absolute Gasteiger partial charge is 0.367 e. The molecule has 2 aromatic rings. The molecule has 0 radical (unpaired) electrons. The van der Waals surface area contributed by atoms with E-state index >= 15 is 0 Å². The summed E-state index contributed by atoms with van der Waals surface area (Å²) in [5.41, 5.74) is 2.50. The van der Waals surface area contributed by atoms with Crippen LogP contribution in [0.3, 0.4) is 0 Å². The van der Waals surface area contributed by atoms with Crippen LogP contribution in [0.1, 0.15) is 48.4 Å². The number of benzene rings is 2. The highest BCUT2D eigenvalue weighted by Gasteiger charge is 2.26. The van der Waals surface area contributed by atoms with Crippen LogP contribution in [0.5, 0.6) is 0 Å². The molecule has 0 aliphatic carbocycles. The minimum atomic E-state index is -0.223. The molecule has 2 N–H and O–H groups in total. The average Bonchev–Trinajstić information content (AvgIpc) is 2.85. The summed E-state index contributed by atoms with van der Waals surface area (Å²) in [5.74, 6) is -0.296. The summed E-state index contributed by atoms with van der Waals surface area (Å²) in [7, 11) is 0. The fraction of sp³-hybridized carbons (Fsp3) is 0.423. The summed E-state index contributed by atoms with van der Waals surface area (Å²) < 4.78 is 0. The van der Waals surface area contributed by atoms with Crippen LogP contribution >= 0.6 is 0 Å². The molecule has 8 nitrogen and oxygen atoms in total. The zero-order chi connectivity index (χ0) is 24.7. The maximum atomic E-state index is 13.4. The van der Waals surface area contributed by atoms with Gasteiger partial charge < -0.3 is 25.3 Å². The third kappa shape index (κ3) is 6.07. The molecule has 0 aromatic heterocycles. The Hall–Kier alpha value is -3.55. The fourth-order valence-corrected chi connectivity index (χ4v) is 4.02. The number of amides is 4. The van der Waals surface area contributed by atoms with Crippen LogP contribution in [-0.2, 0) is 0 Å². The number of carbonyl (C=O) groups is 3. The Morgan fingerprint density at radius 1 is 0.941 bits per heavy atom. The number of hydrogen-bond donors (Lipinski definition) is 2. The van der Waals surface area contributed by atoms with Crippen molar-refractivity contribution < 1.29 is 14.4 Å². The van der Waals surface area contributed by atoms with Gasteiger partial charge in [-0.1, -0.05) is 18.2 Å². The first-order chi connectivity index (χ1) is 16.3. The molecule has 4 amide bonds. The Bertz CT molecular complexity index is 997. The molecule has 0 bridgehead atoms. The van der Waals surface area contributed by atoms with Gasteiger partial charge in [0.2, 0.25) is 0 Å². The minimum absolute atomic E-state index is 0.0620. The van der Waals surface area contributed by atoms with Crippen LogP contribution in [0.15, 0.2) is 48.5 Å². The standard InChI is InChI=1S/C26H35N5O3/c1-5-29(6-2)25(33)22-18-21(28-24(32)20-10-8-7-9-11-20)12-13-23(22)30-14-16-31(17-15-30)26(34)27-19(3)4/h7-13,18-19H,5-6,14-17H2,1-4H3,(H,27,34)(H,28,32). The zero-order valence-corrected chi connectivity index (χ0v) is 20.5. The highest BCUT2D eigenvalue weighted by molar-refractivity contribution is 6.06. The molecule has 0 spiro atoms. The predicted octanol–water partition coefficient (Wildman–Crippen LogP) is 3.66.